The molecule has 25 heavy (non-hydrogen) atoms. The average molecular weight is 345 g/mol. The maximum absolute atomic E-state index is 13.0. The van der Waals surface area contributed by atoms with Gasteiger partial charge < -0.3 is 14.7 Å². The fourth-order valence-electron chi connectivity index (χ4n) is 4.38. The molecule has 1 amide bonds. The molecule has 0 radical (unpaired) electrons. The number of rotatable bonds is 5. The van der Waals surface area contributed by atoms with Gasteiger partial charge in [-0.05, 0) is 44.1 Å². The number of carbonyl (C=O) groups is 1. The molecule has 1 aromatic rings. The molecule has 0 aromatic heterocycles. The molecule has 0 bridgehead atoms. The van der Waals surface area contributed by atoms with Gasteiger partial charge in [0.15, 0.2) is 0 Å². The van der Waals surface area contributed by atoms with Gasteiger partial charge in [0.25, 0.3) is 0 Å². The van der Waals surface area contributed by atoms with Gasteiger partial charge in [0.05, 0.1) is 12.0 Å². The standard InChI is InChI=1S/C21H31NO3/c1-2-19-18(9-6-14-25-19)20(24)22-12-10-21(16-23,11-13-22)15-17-7-4-3-5-8-17/h3-5,7-8,18-19,23H,2,6,9-16H2,1H3. The maximum Gasteiger partial charge on any atom is 0.228 e. The molecule has 138 valence electrons. The van der Waals surface area contributed by atoms with E-state index >= 15 is 0 Å². The lowest BCUT2D eigenvalue weighted by atomic mass is 9.74. The Bertz CT molecular complexity index is 552. The number of carbonyl (C=O) groups excluding carboxylic acids is 1. The van der Waals surface area contributed by atoms with Crippen molar-refractivity contribution < 1.29 is 14.6 Å². The van der Waals surface area contributed by atoms with Crippen LogP contribution in [0.1, 0.15) is 44.6 Å². The number of aliphatic hydroxyl groups is 1. The van der Waals surface area contributed by atoms with Gasteiger partial charge >= 0.3 is 0 Å². The summed E-state index contributed by atoms with van der Waals surface area (Å²) in [5.74, 6) is 0.285. The van der Waals surface area contributed by atoms with E-state index in [1.807, 2.05) is 23.1 Å². The van der Waals surface area contributed by atoms with Crippen molar-refractivity contribution in [1.82, 2.24) is 4.90 Å². The van der Waals surface area contributed by atoms with Gasteiger partial charge in [-0.2, -0.15) is 0 Å². The summed E-state index contributed by atoms with van der Waals surface area (Å²) in [6, 6.07) is 10.4. The first kappa shape index (κ1) is 18.4. The van der Waals surface area contributed by atoms with Crippen LogP contribution in [0.4, 0.5) is 0 Å². The third-order valence-corrected chi connectivity index (χ3v) is 6.05. The smallest absolute Gasteiger partial charge is 0.228 e. The van der Waals surface area contributed by atoms with Crippen molar-refractivity contribution in [2.75, 3.05) is 26.3 Å². The van der Waals surface area contributed by atoms with Crippen LogP contribution >= 0.6 is 0 Å². The van der Waals surface area contributed by atoms with E-state index in [1.54, 1.807) is 0 Å². The van der Waals surface area contributed by atoms with E-state index in [-0.39, 0.29) is 30.0 Å². The van der Waals surface area contributed by atoms with E-state index in [2.05, 4.69) is 19.1 Å². The minimum absolute atomic E-state index is 0.0227. The largest absolute Gasteiger partial charge is 0.396 e. The predicted octanol–water partition coefficient (Wildman–Crippen LogP) is 3.04. The van der Waals surface area contributed by atoms with Gasteiger partial charge in [-0.1, -0.05) is 37.3 Å². The molecular weight excluding hydrogens is 314 g/mol. The number of benzene rings is 1. The zero-order valence-electron chi connectivity index (χ0n) is 15.3. The molecule has 0 saturated carbocycles. The second-order valence-electron chi connectivity index (χ2n) is 7.71. The van der Waals surface area contributed by atoms with Gasteiger partial charge in [-0.25, -0.2) is 0 Å². The molecule has 2 aliphatic heterocycles. The molecule has 2 atom stereocenters. The lowest BCUT2D eigenvalue weighted by Crippen LogP contribution is -2.50. The second kappa shape index (κ2) is 8.33. The molecule has 4 heteroatoms. The SMILES string of the molecule is CCC1OCCCC1C(=O)N1CCC(CO)(Cc2ccccc2)CC1. The summed E-state index contributed by atoms with van der Waals surface area (Å²) in [5, 5.41) is 10.0. The molecule has 2 unspecified atom stereocenters. The van der Waals surface area contributed by atoms with E-state index in [0.717, 1.165) is 58.2 Å². The fourth-order valence-corrected chi connectivity index (χ4v) is 4.38. The van der Waals surface area contributed by atoms with E-state index < -0.39 is 0 Å². The molecule has 3 rings (SSSR count). The molecule has 0 aliphatic carbocycles. The number of hydrogen-bond donors (Lipinski definition) is 1. The van der Waals surface area contributed by atoms with E-state index in [1.165, 1.54) is 5.56 Å². The number of nitrogens with zero attached hydrogens (tertiary/aromatic N) is 1. The molecule has 4 nitrogen and oxygen atoms in total. The Labute approximate surface area is 151 Å². The number of likely N-dealkylation sites (tertiary alicyclic amines) is 1. The van der Waals surface area contributed by atoms with Crippen LogP contribution in [0.2, 0.25) is 0 Å². The molecule has 2 fully saturated rings. The van der Waals surface area contributed by atoms with Crippen molar-refractivity contribution in [1.29, 1.82) is 0 Å². The number of aliphatic hydroxyl groups excluding tert-OH is 1. The summed E-state index contributed by atoms with van der Waals surface area (Å²) in [5.41, 5.74) is 1.17. The van der Waals surface area contributed by atoms with Crippen LogP contribution in [0.25, 0.3) is 0 Å². The monoisotopic (exact) mass is 345 g/mol. The highest BCUT2D eigenvalue weighted by atomic mass is 16.5. The first-order chi connectivity index (χ1) is 12.2. The van der Waals surface area contributed by atoms with Crippen molar-refractivity contribution in [3.05, 3.63) is 35.9 Å². The highest BCUT2D eigenvalue weighted by Crippen LogP contribution is 2.36. The fraction of sp³-hybridized carbons (Fsp3) is 0.667. The van der Waals surface area contributed by atoms with Crippen LogP contribution in [0, 0.1) is 11.3 Å². The maximum atomic E-state index is 13.0. The Hall–Kier alpha value is -1.39. The average Bonchev–Trinajstić information content (AvgIpc) is 2.68. The summed E-state index contributed by atoms with van der Waals surface area (Å²) in [6.45, 7) is 4.57. The Morgan fingerprint density at radius 1 is 1.28 bits per heavy atom. The van der Waals surface area contributed by atoms with Crippen LogP contribution in [-0.2, 0) is 16.0 Å². The third kappa shape index (κ3) is 4.24. The predicted molar refractivity (Wildman–Crippen MR) is 98.2 cm³/mol. The third-order valence-electron chi connectivity index (χ3n) is 6.05. The zero-order chi connectivity index (χ0) is 17.7. The lowest BCUT2D eigenvalue weighted by Gasteiger charge is -2.43. The Morgan fingerprint density at radius 2 is 2.00 bits per heavy atom. The van der Waals surface area contributed by atoms with Crippen molar-refractivity contribution in [3.63, 3.8) is 0 Å². The van der Waals surface area contributed by atoms with Gasteiger partial charge in [0.1, 0.15) is 0 Å². The molecule has 2 heterocycles. The quantitative estimate of drug-likeness (QED) is 0.892. The summed E-state index contributed by atoms with van der Waals surface area (Å²) in [6.07, 6.45) is 5.53. The molecule has 0 spiro atoms. The van der Waals surface area contributed by atoms with E-state index in [0.29, 0.717) is 0 Å². The minimum Gasteiger partial charge on any atom is -0.396 e. The summed E-state index contributed by atoms with van der Waals surface area (Å²) in [7, 11) is 0. The lowest BCUT2D eigenvalue weighted by molar-refractivity contribution is -0.148. The van der Waals surface area contributed by atoms with E-state index in [4.69, 9.17) is 4.74 Å². The number of piperidine rings is 1. The van der Waals surface area contributed by atoms with Crippen molar-refractivity contribution in [2.45, 2.75) is 51.6 Å². The molecule has 1 N–H and O–H groups in total. The molecule has 2 saturated heterocycles. The van der Waals surface area contributed by atoms with Gasteiger partial charge in [0.2, 0.25) is 5.91 Å². The van der Waals surface area contributed by atoms with Crippen LogP contribution in [0.3, 0.4) is 0 Å². The zero-order valence-corrected chi connectivity index (χ0v) is 15.3. The van der Waals surface area contributed by atoms with Crippen LogP contribution < -0.4 is 0 Å². The van der Waals surface area contributed by atoms with Crippen molar-refractivity contribution >= 4 is 5.91 Å². The highest BCUT2D eigenvalue weighted by Gasteiger charge is 2.39. The first-order valence-corrected chi connectivity index (χ1v) is 9.72. The Balaban J connectivity index is 1.60. The minimum atomic E-state index is -0.0919. The van der Waals surface area contributed by atoms with Crippen LogP contribution in [0.15, 0.2) is 30.3 Å². The van der Waals surface area contributed by atoms with Crippen molar-refractivity contribution in [3.8, 4) is 0 Å². The molecule has 2 aliphatic rings. The Kier molecular flexibility index (Phi) is 6.13. The summed E-state index contributed by atoms with van der Waals surface area (Å²) in [4.78, 5) is 15.0. The van der Waals surface area contributed by atoms with E-state index in [9.17, 15) is 9.90 Å². The van der Waals surface area contributed by atoms with Crippen LogP contribution in [0.5, 0.6) is 0 Å². The summed E-state index contributed by atoms with van der Waals surface area (Å²) >= 11 is 0. The van der Waals surface area contributed by atoms with Gasteiger partial charge in [-0.3, -0.25) is 4.79 Å². The van der Waals surface area contributed by atoms with Gasteiger partial charge in [0, 0.05) is 31.7 Å². The number of amides is 1. The van der Waals surface area contributed by atoms with Crippen LogP contribution in [-0.4, -0.2) is 48.3 Å². The Morgan fingerprint density at radius 3 is 2.64 bits per heavy atom. The normalized spacial score (nSPS) is 26.4. The highest BCUT2D eigenvalue weighted by molar-refractivity contribution is 5.79. The number of hydrogen-bond acceptors (Lipinski definition) is 3. The molecule has 1 aromatic carbocycles. The summed E-state index contributed by atoms with van der Waals surface area (Å²) < 4.78 is 5.81. The van der Waals surface area contributed by atoms with Crippen molar-refractivity contribution in [2.24, 2.45) is 11.3 Å². The van der Waals surface area contributed by atoms with Gasteiger partial charge in [-0.15, -0.1) is 0 Å². The molecular formula is C21H31NO3. The second-order valence-corrected chi connectivity index (χ2v) is 7.71. The topological polar surface area (TPSA) is 49.8 Å². The first-order valence-electron chi connectivity index (χ1n) is 9.72. The number of ether oxygens (including phenoxy) is 1.